The zero-order valence-corrected chi connectivity index (χ0v) is 10.0. The van der Waals surface area contributed by atoms with Gasteiger partial charge < -0.3 is 5.11 Å². The van der Waals surface area contributed by atoms with Gasteiger partial charge in [0, 0.05) is 0 Å². The highest BCUT2D eigenvalue weighted by Crippen LogP contribution is 2.23. The molecule has 0 aliphatic carbocycles. The number of carbonyl (C=O) groups is 2. The Kier molecular flexibility index (Phi) is 2.41. The van der Waals surface area contributed by atoms with E-state index in [2.05, 4.69) is 5.10 Å². The quantitative estimate of drug-likeness (QED) is 0.728. The normalized spacial score (nSPS) is 20.3. The summed E-state index contributed by atoms with van der Waals surface area (Å²) in [7, 11) is 0. The van der Waals surface area contributed by atoms with Crippen molar-refractivity contribution in [2.45, 2.75) is 13.0 Å². The topological polar surface area (TPSA) is 75.4 Å². The van der Waals surface area contributed by atoms with E-state index in [-0.39, 0.29) is 12.6 Å². The molecular weight excluding hydrogens is 313 g/mol. The smallest absolute Gasteiger partial charge is 0.414 e. The molecule has 0 aromatic carbocycles. The minimum absolute atomic E-state index is 0.114. The van der Waals surface area contributed by atoms with Crippen LogP contribution in [0.4, 0.5) is 4.79 Å². The number of amides is 2. The highest BCUT2D eigenvalue weighted by atomic mass is 127. The molecule has 1 aromatic heterocycles. The average molecular weight is 321 g/mol. The first kappa shape index (κ1) is 10.4. The third-order valence-electron chi connectivity index (χ3n) is 2.29. The van der Waals surface area contributed by atoms with Crippen molar-refractivity contribution in [3.05, 3.63) is 15.5 Å². The maximum absolute atomic E-state index is 11.8. The van der Waals surface area contributed by atoms with Crippen LogP contribution in [0.25, 0.3) is 0 Å². The summed E-state index contributed by atoms with van der Waals surface area (Å²) in [5.74, 6) is -0.498. The lowest BCUT2D eigenvalue weighted by Gasteiger charge is -2.28. The zero-order chi connectivity index (χ0) is 11.2. The first-order valence-corrected chi connectivity index (χ1v) is 5.38. The van der Waals surface area contributed by atoms with E-state index < -0.39 is 12.0 Å². The van der Waals surface area contributed by atoms with Crippen LogP contribution in [0.5, 0.6) is 0 Å². The van der Waals surface area contributed by atoms with Crippen LogP contribution in [0.3, 0.4) is 0 Å². The van der Waals surface area contributed by atoms with E-state index in [9.17, 15) is 9.59 Å². The summed E-state index contributed by atoms with van der Waals surface area (Å²) in [5, 5.41) is 12.9. The lowest BCUT2D eigenvalue weighted by molar-refractivity contribution is 0.0655. The van der Waals surface area contributed by atoms with Crippen LogP contribution in [-0.2, 0) is 0 Å². The van der Waals surface area contributed by atoms with Crippen LogP contribution in [-0.4, -0.2) is 38.3 Å². The van der Waals surface area contributed by atoms with Crippen molar-refractivity contribution in [1.82, 2.24) is 14.7 Å². The van der Waals surface area contributed by atoms with Crippen LogP contribution >= 0.6 is 22.6 Å². The van der Waals surface area contributed by atoms with Gasteiger partial charge in [-0.3, -0.25) is 9.48 Å². The Morgan fingerprint density at radius 2 is 2.40 bits per heavy atom. The monoisotopic (exact) mass is 321 g/mol. The molecule has 2 heterocycles. The Bertz CT molecular complexity index is 442. The summed E-state index contributed by atoms with van der Waals surface area (Å²) in [4.78, 5) is 23.4. The van der Waals surface area contributed by atoms with Gasteiger partial charge in [0.1, 0.15) is 5.69 Å². The van der Waals surface area contributed by atoms with Crippen LogP contribution < -0.4 is 0 Å². The van der Waals surface area contributed by atoms with Gasteiger partial charge in [0.2, 0.25) is 0 Å². The molecule has 7 heteroatoms. The number of hydrogen-bond acceptors (Lipinski definition) is 3. The molecule has 0 radical (unpaired) electrons. The second kappa shape index (κ2) is 3.47. The number of carbonyl (C=O) groups excluding carboxylic acids is 1. The lowest BCUT2D eigenvalue weighted by atomic mass is 10.2. The Hall–Kier alpha value is -1.12. The molecule has 1 atom stereocenters. The highest BCUT2D eigenvalue weighted by molar-refractivity contribution is 14.1. The van der Waals surface area contributed by atoms with Crippen molar-refractivity contribution in [3.63, 3.8) is 0 Å². The largest absolute Gasteiger partial charge is 0.465 e. The molecule has 15 heavy (non-hydrogen) atoms. The molecule has 0 saturated heterocycles. The van der Waals surface area contributed by atoms with Crippen molar-refractivity contribution < 1.29 is 14.7 Å². The molecule has 2 amide bonds. The fourth-order valence-electron chi connectivity index (χ4n) is 1.59. The predicted molar refractivity (Wildman–Crippen MR) is 58.7 cm³/mol. The molecular formula is C8H8IN3O3. The SMILES string of the molecule is CC1CN(C(=O)O)C(=O)c2c(I)cnn21. The van der Waals surface area contributed by atoms with Gasteiger partial charge in [-0.25, -0.2) is 9.69 Å². The van der Waals surface area contributed by atoms with E-state index in [1.54, 1.807) is 10.9 Å². The van der Waals surface area contributed by atoms with Gasteiger partial charge in [0.15, 0.2) is 0 Å². The molecule has 1 aliphatic rings. The first-order chi connectivity index (χ1) is 7.02. The number of carboxylic acid groups (broad SMARTS) is 1. The third kappa shape index (κ3) is 1.50. The Balaban J connectivity index is 2.51. The van der Waals surface area contributed by atoms with Crippen LogP contribution in [0.15, 0.2) is 6.20 Å². The average Bonchev–Trinajstić information content (AvgIpc) is 2.54. The summed E-state index contributed by atoms with van der Waals surface area (Å²) >= 11 is 1.97. The van der Waals surface area contributed by atoms with Gasteiger partial charge >= 0.3 is 6.09 Å². The minimum atomic E-state index is -1.21. The van der Waals surface area contributed by atoms with Crippen LogP contribution in [0, 0.1) is 3.57 Å². The van der Waals surface area contributed by atoms with Gasteiger partial charge in [-0.15, -0.1) is 0 Å². The highest BCUT2D eigenvalue weighted by Gasteiger charge is 2.35. The Labute approximate surface area is 99.0 Å². The van der Waals surface area contributed by atoms with Crippen LogP contribution in [0.2, 0.25) is 0 Å². The molecule has 1 unspecified atom stereocenters. The number of hydrogen-bond donors (Lipinski definition) is 1. The first-order valence-electron chi connectivity index (χ1n) is 4.30. The van der Waals surface area contributed by atoms with E-state index in [1.165, 1.54) is 0 Å². The van der Waals surface area contributed by atoms with E-state index in [0.717, 1.165) is 4.90 Å². The van der Waals surface area contributed by atoms with Crippen molar-refractivity contribution in [2.24, 2.45) is 0 Å². The van der Waals surface area contributed by atoms with Gasteiger partial charge in [0.05, 0.1) is 22.4 Å². The number of nitrogens with zero attached hydrogens (tertiary/aromatic N) is 3. The van der Waals surface area contributed by atoms with E-state index in [4.69, 9.17) is 5.11 Å². The number of aromatic nitrogens is 2. The maximum Gasteiger partial charge on any atom is 0.414 e. The second-order valence-electron chi connectivity index (χ2n) is 3.33. The molecule has 0 spiro atoms. The summed E-state index contributed by atoms with van der Waals surface area (Å²) < 4.78 is 2.25. The number of imide groups is 1. The number of halogens is 1. The molecule has 1 aliphatic heterocycles. The summed E-state index contributed by atoms with van der Waals surface area (Å²) in [6.45, 7) is 1.98. The lowest BCUT2D eigenvalue weighted by Crippen LogP contribution is -2.45. The fraction of sp³-hybridized carbons (Fsp3) is 0.375. The molecule has 80 valence electrons. The van der Waals surface area contributed by atoms with Crippen molar-refractivity contribution >= 4 is 34.6 Å². The summed E-state index contributed by atoms with van der Waals surface area (Å²) in [6, 6.07) is -0.114. The number of fused-ring (bicyclic) bond motifs is 1. The Morgan fingerprint density at radius 3 is 3.00 bits per heavy atom. The molecule has 0 saturated carbocycles. The third-order valence-corrected chi connectivity index (χ3v) is 3.08. The number of rotatable bonds is 0. The van der Waals surface area contributed by atoms with Crippen molar-refractivity contribution in [2.75, 3.05) is 6.54 Å². The molecule has 6 nitrogen and oxygen atoms in total. The standard InChI is InChI=1S/C8H8IN3O3/c1-4-3-11(8(14)15)7(13)6-5(9)2-10-12(4)6/h2,4H,3H2,1H3,(H,14,15). The van der Waals surface area contributed by atoms with E-state index >= 15 is 0 Å². The minimum Gasteiger partial charge on any atom is -0.465 e. The predicted octanol–water partition coefficient (Wildman–Crippen LogP) is 1.18. The second-order valence-corrected chi connectivity index (χ2v) is 4.50. The summed E-state index contributed by atoms with van der Waals surface area (Å²) in [6.07, 6.45) is 0.352. The van der Waals surface area contributed by atoms with Crippen molar-refractivity contribution in [1.29, 1.82) is 0 Å². The van der Waals surface area contributed by atoms with Crippen molar-refractivity contribution in [3.8, 4) is 0 Å². The van der Waals surface area contributed by atoms with Crippen LogP contribution in [0.1, 0.15) is 23.5 Å². The maximum atomic E-state index is 11.8. The van der Waals surface area contributed by atoms with Gasteiger partial charge in [-0.05, 0) is 29.5 Å². The zero-order valence-electron chi connectivity index (χ0n) is 7.85. The van der Waals surface area contributed by atoms with E-state index in [0.29, 0.717) is 9.26 Å². The van der Waals surface area contributed by atoms with Gasteiger partial charge in [-0.1, -0.05) is 0 Å². The molecule has 1 N–H and O–H groups in total. The molecule has 0 bridgehead atoms. The fourth-order valence-corrected chi connectivity index (χ4v) is 2.20. The van der Waals surface area contributed by atoms with Gasteiger partial charge in [-0.2, -0.15) is 5.10 Å². The molecule has 0 fully saturated rings. The van der Waals surface area contributed by atoms with E-state index in [1.807, 2.05) is 29.5 Å². The van der Waals surface area contributed by atoms with Gasteiger partial charge in [0.25, 0.3) is 5.91 Å². The molecule has 2 rings (SSSR count). The Morgan fingerprint density at radius 1 is 1.73 bits per heavy atom. The molecule has 1 aromatic rings. The summed E-state index contributed by atoms with van der Waals surface area (Å²) in [5.41, 5.74) is 0.358.